The first kappa shape index (κ1) is 16.4. The standard InChI is InChI=1S/C15H24N2O3S/c1-3-16-12(2)13-5-4-6-15(11-13)21(19,20)17(9-10-18)14-7-8-14/h4-6,11-12,14,16,18H,3,7-10H2,1-2H3. The van der Waals surface area contributed by atoms with E-state index in [2.05, 4.69) is 5.32 Å². The summed E-state index contributed by atoms with van der Waals surface area (Å²) in [6, 6.07) is 7.23. The molecule has 0 amide bonds. The first-order valence-corrected chi connectivity index (χ1v) is 8.90. The monoisotopic (exact) mass is 312 g/mol. The quantitative estimate of drug-likeness (QED) is 0.763. The van der Waals surface area contributed by atoms with Gasteiger partial charge in [0.1, 0.15) is 0 Å². The fourth-order valence-electron chi connectivity index (χ4n) is 2.46. The molecule has 2 rings (SSSR count). The van der Waals surface area contributed by atoms with Crippen LogP contribution in [0.1, 0.15) is 38.3 Å². The van der Waals surface area contributed by atoms with Gasteiger partial charge in [-0.15, -0.1) is 0 Å². The highest BCUT2D eigenvalue weighted by Crippen LogP contribution is 2.32. The molecule has 6 heteroatoms. The third-order valence-electron chi connectivity index (χ3n) is 3.75. The summed E-state index contributed by atoms with van der Waals surface area (Å²) in [5, 5.41) is 12.4. The number of aliphatic hydroxyl groups excluding tert-OH is 1. The molecule has 1 aromatic rings. The summed E-state index contributed by atoms with van der Waals surface area (Å²) < 4.78 is 26.9. The molecule has 1 aromatic carbocycles. The van der Waals surface area contributed by atoms with E-state index >= 15 is 0 Å². The molecule has 5 nitrogen and oxygen atoms in total. The fourth-order valence-corrected chi connectivity index (χ4v) is 4.20. The van der Waals surface area contributed by atoms with Gasteiger partial charge in [-0.25, -0.2) is 8.42 Å². The number of aliphatic hydroxyl groups is 1. The van der Waals surface area contributed by atoms with Crippen LogP contribution in [0.5, 0.6) is 0 Å². The van der Waals surface area contributed by atoms with Crippen LogP contribution >= 0.6 is 0 Å². The van der Waals surface area contributed by atoms with Gasteiger partial charge in [0.25, 0.3) is 0 Å². The molecular weight excluding hydrogens is 288 g/mol. The van der Waals surface area contributed by atoms with E-state index in [1.807, 2.05) is 19.9 Å². The lowest BCUT2D eigenvalue weighted by Gasteiger charge is -2.22. The van der Waals surface area contributed by atoms with Crippen LogP contribution in [0.2, 0.25) is 0 Å². The van der Waals surface area contributed by atoms with Crippen molar-refractivity contribution in [3.63, 3.8) is 0 Å². The third kappa shape index (κ3) is 3.83. The number of benzene rings is 1. The van der Waals surface area contributed by atoms with Crippen molar-refractivity contribution in [1.29, 1.82) is 0 Å². The smallest absolute Gasteiger partial charge is 0.243 e. The van der Waals surface area contributed by atoms with Gasteiger partial charge in [0.2, 0.25) is 10.0 Å². The van der Waals surface area contributed by atoms with Crippen LogP contribution in [0.3, 0.4) is 0 Å². The Hall–Kier alpha value is -0.950. The van der Waals surface area contributed by atoms with Crippen molar-refractivity contribution in [2.24, 2.45) is 0 Å². The van der Waals surface area contributed by atoms with E-state index in [0.717, 1.165) is 24.9 Å². The second-order valence-corrected chi connectivity index (χ2v) is 7.31. The summed E-state index contributed by atoms with van der Waals surface area (Å²) in [6.07, 6.45) is 1.76. The number of nitrogens with one attached hydrogen (secondary N) is 1. The number of rotatable bonds is 8. The average molecular weight is 312 g/mol. The van der Waals surface area contributed by atoms with Gasteiger partial charge < -0.3 is 10.4 Å². The van der Waals surface area contributed by atoms with Crippen molar-refractivity contribution in [3.8, 4) is 0 Å². The maximum absolute atomic E-state index is 12.7. The number of nitrogens with zero attached hydrogens (tertiary/aromatic N) is 1. The number of hydrogen-bond donors (Lipinski definition) is 2. The van der Waals surface area contributed by atoms with Crippen LogP contribution < -0.4 is 5.32 Å². The molecule has 1 aliphatic rings. The maximum Gasteiger partial charge on any atom is 0.243 e. The molecule has 1 aliphatic carbocycles. The van der Waals surface area contributed by atoms with Gasteiger partial charge in [-0.1, -0.05) is 19.1 Å². The molecule has 21 heavy (non-hydrogen) atoms. The predicted molar refractivity (Wildman–Crippen MR) is 82.5 cm³/mol. The Balaban J connectivity index is 2.28. The fraction of sp³-hybridized carbons (Fsp3) is 0.600. The Bertz CT molecular complexity index is 570. The SMILES string of the molecule is CCNC(C)c1cccc(S(=O)(=O)N(CCO)C2CC2)c1. The van der Waals surface area contributed by atoms with Crippen molar-refractivity contribution in [2.75, 3.05) is 19.7 Å². The summed E-state index contributed by atoms with van der Waals surface area (Å²) in [7, 11) is -3.53. The van der Waals surface area contributed by atoms with Gasteiger partial charge in [-0.3, -0.25) is 0 Å². The Morgan fingerprint density at radius 2 is 2.14 bits per heavy atom. The largest absolute Gasteiger partial charge is 0.395 e. The normalized spacial score (nSPS) is 17.1. The molecule has 0 spiro atoms. The Labute approximate surface area is 127 Å². The molecule has 0 heterocycles. The minimum Gasteiger partial charge on any atom is -0.395 e. The Kier molecular flexibility index (Phi) is 5.37. The predicted octanol–water partition coefficient (Wildman–Crippen LogP) is 1.50. The zero-order valence-electron chi connectivity index (χ0n) is 12.6. The van der Waals surface area contributed by atoms with Gasteiger partial charge in [0.15, 0.2) is 0 Å². The molecule has 1 fully saturated rings. The summed E-state index contributed by atoms with van der Waals surface area (Å²) in [5.41, 5.74) is 0.956. The summed E-state index contributed by atoms with van der Waals surface area (Å²) >= 11 is 0. The molecule has 1 saturated carbocycles. The lowest BCUT2D eigenvalue weighted by Crippen LogP contribution is -2.35. The minimum absolute atomic E-state index is 0.0528. The van der Waals surface area contributed by atoms with E-state index in [4.69, 9.17) is 5.11 Å². The van der Waals surface area contributed by atoms with Gasteiger partial charge in [0, 0.05) is 18.6 Å². The maximum atomic E-state index is 12.7. The van der Waals surface area contributed by atoms with Crippen LogP contribution in [0.4, 0.5) is 0 Å². The molecule has 1 atom stereocenters. The van der Waals surface area contributed by atoms with Gasteiger partial charge >= 0.3 is 0 Å². The first-order valence-electron chi connectivity index (χ1n) is 7.46. The van der Waals surface area contributed by atoms with Gasteiger partial charge in [-0.2, -0.15) is 4.31 Å². The molecule has 0 bridgehead atoms. The van der Waals surface area contributed by atoms with Crippen molar-refractivity contribution >= 4 is 10.0 Å². The van der Waals surface area contributed by atoms with E-state index in [9.17, 15) is 8.42 Å². The number of hydrogen-bond acceptors (Lipinski definition) is 4. The zero-order valence-corrected chi connectivity index (χ0v) is 13.4. The minimum atomic E-state index is -3.53. The van der Waals surface area contributed by atoms with E-state index < -0.39 is 10.0 Å². The average Bonchev–Trinajstić information content (AvgIpc) is 3.29. The second kappa shape index (κ2) is 6.87. The summed E-state index contributed by atoms with van der Waals surface area (Å²) in [4.78, 5) is 0.310. The topological polar surface area (TPSA) is 69.6 Å². The van der Waals surface area contributed by atoms with Crippen LogP contribution in [0.15, 0.2) is 29.2 Å². The molecule has 118 valence electrons. The van der Waals surface area contributed by atoms with Crippen molar-refractivity contribution in [3.05, 3.63) is 29.8 Å². The molecular formula is C15H24N2O3S. The van der Waals surface area contributed by atoms with Crippen LogP contribution in [-0.4, -0.2) is 43.6 Å². The lowest BCUT2D eigenvalue weighted by atomic mass is 10.1. The molecule has 2 N–H and O–H groups in total. The zero-order chi connectivity index (χ0) is 15.5. The Morgan fingerprint density at radius 1 is 1.43 bits per heavy atom. The molecule has 0 radical (unpaired) electrons. The van der Waals surface area contributed by atoms with Crippen LogP contribution in [0.25, 0.3) is 0 Å². The number of sulfonamides is 1. The van der Waals surface area contributed by atoms with Crippen molar-refractivity contribution < 1.29 is 13.5 Å². The van der Waals surface area contributed by atoms with E-state index in [1.54, 1.807) is 18.2 Å². The Morgan fingerprint density at radius 3 is 2.71 bits per heavy atom. The van der Waals surface area contributed by atoms with Gasteiger partial charge in [0.05, 0.1) is 11.5 Å². The summed E-state index contributed by atoms with van der Waals surface area (Å²) in [5.74, 6) is 0. The van der Waals surface area contributed by atoms with E-state index in [1.165, 1.54) is 4.31 Å². The summed E-state index contributed by atoms with van der Waals surface area (Å²) in [6.45, 7) is 4.88. The van der Waals surface area contributed by atoms with Crippen LogP contribution in [0, 0.1) is 0 Å². The van der Waals surface area contributed by atoms with E-state index in [0.29, 0.717) is 4.90 Å². The first-order chi connectivity index (χ1) is 10.0. The highest BCUT2D eigenvalue weighted by atomic mass is 32.2. The highest BCUT2D eigenvalue weighted by Gasteiger charge is 2.37. The van der Waals surface area contributed by atoms with Crippen molar-refractivity contribution in [2.45, 2.75) is 43.7 Å². The van der Waals surface area contributed by atoms with Crippen LogP contribution in [-0.2, 0) is 10.0 Å². The highest BCUT2D eigenvalue weighted by molar-refractivity contribution is 7.89. The molecule has 0 saturated heterocycles. The van der Waals surface area contributed by atoms with E-state index in [-0.39, 0.29) is 25.2 Å². The van der Waals surface area contributed by atoms with Gasteiger partial charge in [-0.05, 0) is 44.0 Å². The van der Waals surface area contributed by atoms with Crippen molar-refractivity contribution in [1.82, 2.24) is 9.62 Å². The molecule has 1 unspecified atom stereocenters. The third-order valence-corrected chi connectivity index (χ3v) is 5.70. The second-order valence-electron chi connectivity index (χ2n) is 5.42. The molecule has 0 aliphatic heterocycles. The molecule has 0 aromatic heterocycles. The lowest BCUT2D eigenvalue weighted by molar-refractivity contribution is 0.250.